The number of nitro groups is 1. The fourth-order valence-corrected chi connectivity index (χ4v) is 2.07. The Kier molecular flexibility index (Phi) is 6.84. The maximum Gasteiger partial charge on any atom is 0.275 e. The smallest absolute Gasteiger partial charge is 0.275 e. The maximum atomic E-state index is 13.4. The molecule has 112 valence electrons. The third kappa shape index (κ3) is 5.03. The number of nitrogens with zero attached hydrogens (tertiary/aromatic N) is 2. The predicted octanol–water partition coefficient (Wildman–Crippen LogP) is 2.98. The Morgan fingerprint density at radius 3 is 2.70 bits per heavy atom. The van der Waals surface area contributed by atoms with Crippen molar-refractivity contribution in [1.82, 2.24) is 4.90 Å². The molecule has 0 saturated heterocycles. The summed E-state index contributed by atoms with van der Waals surface area (Å²) in [5.74, 6) is -0.652. The van der Waals surface area contributed by atoms with Crippen molar-refractivity contribution in [1.29, 1.82) is 0 Å². The monoisotopic (exact) mass is 304 g/mol. The van der Waals surface area contributed by atoms with E-state index < -0.39 is 10.7 Å². The number of halogens is 2. The minimum absolute atomic E-state index is 0.164. The second-order valence-electron chi connectivity index (χ2n) is 4.67. The lowest BCUT2D eigenvalue weighted by Crippen LogP contribution is -2.20. The highest BCUT2D eigenvalue weighted by Crippen LogP contribution is 2.27. The molecule has 5 nitrogen and oxygen atoms in total. The SMILES string of the molecule is CN(CCCCCO)Cc1cc(F)c(Cl)cc1[N+](=O)[O-]. The van der Waals surface area contributed by atoms with Gasteiger partial charge in [-0.25, -0.2) is 4.39 Å². The molecule has 0 saturated carbocycles. The zero-order valence-electron chi connectivity index (χ0n) is 11.3. The Morgan fingerprint density at radius 2 is 2.10 bits per heavy atom. The summed E-state index contributed by atoms with van der Waals surface area (Å²) in [5.41, 5.74) is 0.139. The first kappa shape index (κ1) is 16.8. The molecule has 0 amide bonds. The van der Waals surface area contributed by atoms with Crippen molar-refractivity contribution in [3.8, 4) is 0 Å². The molecule has 0 radical (unpaired) electrons. The Bertz CT molecular complexity index is 471. The van der Waals surface area contributed by atoms with E-state index in [4.69, 9.17) is 16.7 Å². The standard InChI is InChI=1S/C13H18ClFN2O3/c1-16(5-3-2-4-6-18)9-10-7-12(15)11(14)8-13(10)17(19)20/h7-8,18H,2-6,9H2,1H3. The van der Waals surface area contributed by atoms with Gasteiger partial charge in [-0.1, -0.05) is 11.6 Å². The van der Waals surface area contributed by atoms with Crippen LogP contribution in [0.2, 0.25) is 5.02 Å². The number of aliphatic hydroxyl groups is 1. The third-order valence-electron chi connectivity index (χ3n) is 2.96. The van der Waals surface area contributed by atoms with Crippen LogP contribution in [-0.4, -0.2) is 35.1 Å². The average molecular weight is 305 g/mol. The lowest BCUT2D eigenvalue weighted by molar-refractivity contribution is -0.385. The molecule has 0 aliphatic carbocycles. The highest BCUT2D eigenvalue weighted by atomic mass is 35.5. The summed E-state index contributed by atoms with van der Waals surface area (Å²) in [5, 5.41) is 19.4. The van der Waals surface area contributed by atoms with E-state index in [-0.39, 0.29) is 23.9 Å². The van der Waals surface area contributed by atoms with Gasteiger partial charge in [-0.2, -0.15) is 0 Å². The van der Waals surface area contributed by atoms with Crippen LogP contribution in [0.3, 0.4) is 0 Å². The Labute approximate surface area is 122 Å². The molecule has 7 heteroatoms. The molecule has 0 aliphatic rings. The van der Waals surface area contributed by atoms with E-state index in [1.807, 2.05) is 11.9 Å². The molecule has 0 bridgehead atoms. The van der Waals surface area contributed by atoms with Crippen molar-refractivity contribution in [3.05, 3.63) is 38.7 Å². The van der Waals surface area contributed by atoms with Crippen molar-refractivity contribution >= 4 is 17.3 Å². The normalized spacial score (nSPS) is 11.1. The number of aliphatic hydroxyl groups excluding tert-OH is 1. The molecule has 20 heavy (non-hydrogen) atoms. The van der Waals surface area contributed by atoms with Crippen molar-refractivity contribution in [2.24, 2.45) is 0 Å². The maximum absolute atomic E-state index is 13.4. The zero-order chi connectivity index (χ0) is 15.1. The van der Waals surface area contributed by atoms with Gasteiger partial charge >= 0.3 is 0 Å². The van der Waals surface area contributed by atoms with Crippen LogP contribution in [0, 0.1) is 15.9 Å². The molecule has 0 aromatic heterocycles. The van der Waals surface area contributed by atoms with Crippen LogP contribution >= 0.6 is 11.6 Å². The molecule has 1 aromatic rings. The summed E-state index contributed by atoms with van der Waals surface area (Å²) in [6.45, 7) is 1.17. The van der Waals surface area contributed by atoms with Crippen LogP contribution in [0.25, 0.3) is 0 Å². The first-order chi connectivity index (χ1) is 9.45. The molecule has 0 spiro atoms. The largest absolute Gasteiger partial charge is 0.396 e. The zero-order valence-corrected chi connectivity index (χ0v) is 12.1. The van der Waals surface area contributed by atoms with Gasteiger partial charge in [0.25, 0.3) is 5.69 Å². The fourth-order valence-electron chi connectivity index (χ4n) is 1.91. The number of rotatable bonds is 8. The van der Waals surface area contributed by atoms with E-state index in [0.717, 1.165) is 37.9 Å². The van der Waals surface area contributed by atoms with Crippen LogP contribution < -0.4 is 0 Å². The van der Waals surface area contributed by atoms with Crippen LogP contribution in [0.15, 0.2) is 12.1 Å². The Balaban J connectivity index is 2.70. The first-order valence-corrected chi connectivity index (χ1v) is 6.75. The molecule has 0 heterocycles. The van der Waals surface area contributed by atoms with E-state index in [2.05, 4.69) is 0 Å². The van der Waals surface area contributed by atoms with E-state index >= 15 is 0 Å². The van der Waals surface area contributed by atoms with Crippen LogP contribution in [0.5, 0.6) is 0 Å². The highest BCUT2D eigenvalue weighted by Gasteiger charge is 2.18. The van der Waals surface area contributed by atoms with Crippen LogP contribution in [0.4, 0.5) is 10.1 Å². The van der Waals surface area contributed by atoms with Gasteiger partial charge < -0.3 is 10.0 Å². The third-order valence-corrected chi connectivity index (χ3v) is 3.25. The lowest BCUT2D eigenvalue weighted by atomic mass is 10.1. The van der Waals surface area contributed by atoms with E-state index in [1.165, 1.54) is 0 Å². The summed E-state index contributed by atoms with van der Waals surface area (Å²) in [4.78, 5) is 12.3. The van der Waals surface area contributed by atoms with Gasteiger partial charge in [0.1, 0.15) is 5.82 Å². The minimum Gasteiger partial charge on any atom is -0.396 e. The highest BCUT2D eigenvalue weighted by molar-refractivity contribution is 6.31. The molecule has 1 aromatic carbocycles. The molecule has 0 atom stereocenters. The summed E-state index contributed by atoms with van der Waals surface area (Å²) in [7, 11) is 1.81. The second kappa shape index (κ2) is 8.14. The Morgan fingerprint density at radius 1 is 1.40 bits per heavy atom. The van der Waals surface area contributed by atoms with Crippen LogP contribution in [-0.2, 0) is 6.54 Å². The van der Waals surface area contributed by atoms with Crippen LogP contribution in [0.1, 0.15) is 24.8 Å². The van der Waals surface area contributed by atoms with Gasteiger partial charge in [-0.3, -0.25) is 10.1 Å². The molecule has 0 aliphatic heterocycles. The van der Waals surface area contributed by atoms with Gasteiger partial charge in [-0.15, -0.1) is 0 Å². The van der Waals surface area contributed by atoms with Gasteiger partial charge in [0.2, 0.25) is 0 Å². The molecule has 1 N–H and O–H groups in total. The topological polar surface area (TPSA) is 66.6 Å². The molecule has 1 rings (SSSR count). The lowest BCUT2D eigenvalue weighted by Gasteiger charge is -2.16. The van der Waals surface area contributed by atoms with Crippen molar-refractivity contribution in [2.45, 2.75) is 25.8 Å². The molecule has 0 unspecified atom stereocenters. The fraction of sp³-hybridized carbons (Fsp3) is 0.538. The quantitative estimate of drug-likeness (QED) is 0.455. The number of hydrogen-bond acceptors (Lipinski definition) is 4. The van der Waals surface area contributed by atoms with Crippen molar-refractivity contribution in [2.75, 3.05) is 20.2 Å². The van der Waals surface area contributed by atoms with Gasteiger partial charge in [0, 0.05) is 24.8 Å². The minimum atomic E-state index is -0.652. The molecular formula is C13H18ClFN2O3. The Hall–Kier alpha value is -1.24. The van der Waals surface area contributed by atoms with Crippen molar-refractivity contribution in [3.63, 3.8) is 0 Å². The van der Waals surface area contributed by atoms with Gasteiger partial charge in [-0.05, 0) is 38.9 Å². The van der Waals surface area contributed by atoms with E-state index in [1.54, 1.807) is 0 Å². The molecule has 0 fully saturated rings. The van der Waals surface area contributed by atoms with E-state index in [0.29, 0.717) is 5.56 Å². The summed E-state index contributed by atoms with van der Waals surface area (Å²) >= 11 is 5.57. The van der Waals surface area contributed by atoms with E-state index in [9.17, 15) is 14.5 Å². The van der Waals surface area contributed by atoms with Crippen molar-refractivity contribution < 1.29 is 14.4 Å². The number of unbranched alkanes of at least 4 members (excludes halogenated alkanes) is 2. The average Bonchev–Trinajstić information content (AvgIpc) is 2.38. The predicted molar refractivity (Wildman–Crippen MR) is 75.3 cm³/mol. The second-order valence-corrected chi connectivity index (χ2v) is 5.08. The summed E-state index contributed by atoms with van der Waals surface area (Å²) in [6, 6.07) is 2.16. The molecular weight excluding hydrogens is 287 g/mol. The number of benzene rings is 1. The first-order valence-electron chi connectivity index (χ1n) is 6.37. The summed E-state index contributed by atoms with van der Waals surface area (Å²) < 4.78 is 13.4. The van der Waals surface area contributed by atoms with Gasteiger partial charge in [0.05, 0.1) is 9.95 Å². The number of hydrogen-bond donors (Lipinski definition) is 1. The van der Waals surface area contributed by atoms with Gasteiger partial charge in [0.15, 0.2) is 0 Å². The summed E-state index contributed by atoms with van der Waals surface area (Å²) in [6.07, 6.45) is 2.50. The number of nitro benzene ring substituents is 1.